The number of hydrogen-bond acceptors (Lipinski definition) is 1. The number of Topliss-reactive ketones (excluding diaryl/α,β-unsaturated/α-hetero) is 1. The normalized spacial score (nSPS) is 11.7. The van der Waals surface area contributed by atoms with Gasteiger partial charge in [0, 0.05) is 16.9 Å². The number of benzene rings is 1. The Morgan fingerprint density at radius 3 is 2.41 bits per heavy atom. The number of pyridine rings is 1. The molecular formula is C15H18NO+. The third-order valence-corrected chi connectivity index (χ3v) is 2.91. The van der Waals surface area contributed by atoms with E-state index in [0.29, 0.717) is 6.54 Å². The highest BCUT2D eigenvalue weighted by Gasteiger charge is 2.24. The van der Waals surface area contributed by atoms with Crippen molar-refractivity contribution in [1.29, 1.82) is 0 Å². The van der Waals surface area contributed by atoms with Crippen LogP contribution in [-0.4, -0.2) is 5.78 Å². The SMILES string of the molecule is CC(C)(C)C(=O)C[n+]1ccc2ccccc2c1. The second-order valence-electron chi connectivity index (χ2n) is 5.42. The molecule has 2 heteroatoms. The van der Waals surface area contributed by atoms with E-state index in [1.54, 1.807) is 0 Å². The average molecular weight is 228 g/mol. The van der Waals surface area contributed by atoms with Gasteiger partial charge in [-0.3, -0.25) is 4.79 Å². The maximum absolute atomic E-state index is 11.9. The van der Waals surface area contributed by atoms with Crippen LogP contribution in [0.1, 0.15) is 20.8 Å². The highest BCUT2D eigenvalue weighted by molar-refractivity contribution is 5.83. The van der Waals surface area contributed by atoms with E-state index in [9.17, 15) is 4.79 Å². The Bertz CT molecular complexity index is 552. The van der Waals surface area contributed by atoms with Crippen LogP contribution in [0.15, 0.2) is 42.7 Å². The fourth-order valence-corrected chi connectivity index (χ4v) is 1.68. The number of nitrogens with zero attached hydrogens (tertiary/aromatic N) is 1. The van der Waals surface area contributed by atoms with Gasteiger partial charge in [-0.1, -0.05) is 39.0 Å². The molecule has 0 atom stereocenters. The van der Waals surface area contributed by atoms with Gasteiger partial charge in [-0.15, -0.1) is 0 Å². The highest BCUT2D eigenvalue weighted by atomic mass is 16.1. The van der Waals surface area contributed by atoms with Crippen molar-refractivity contribution in [3.05, 3.63) is 42.7 Å². The Labute approximate surface area is 102 Å². The van der Waals surface area contributed by atoms with Crippen molar-refractivity contribution in [3.63, 3.8) is 0 Å². The maximum atomic E-state index is 11.9. The second kappa shape index (κ2) is 4.28. The topological polar surface area (TPSA) is 20.9 Å². The molecular weight excluding hydrogens is 210 g/mol. The molecule has 0 saturated heterocycles. The Hall–Kier alpha value is -1.70. The zero-order chi connectivity index (χ0) is 12.5. The number of hydrogen-bond donors (Lipinski definition) is 0. The predicted molar refractivity (Wildman–Crippen MR) is 68.6 cm³/mol. The molecule has 1 heterocycles. The summed E-state index contributed by atoms with van der Waals surface area (Å²) in [6.07, 6.45) is 3.99. The first-order valence-corrected chi connectivity index (χ1v) is 5.88. The molecule has 1 aromatic heterocycles. The molecule has 2 nitrogen and oxygen atoms in total. The van der Waals surface area contributed by atoms with E-state index in [-0.39, 0.29) is 11.2 Å². The monoisotopic (exact) mass is 228 g/mol. The molecule has 0 bridgehead atoms. The molecule has 0 aliphatic rings. The van der Waals surface area contributed by atoms with Crippen LogP contribution in [0, 0.1) is 5.41 Å². The Kier molecular flexibility index (Phi) is 2.97. The average Bonchev–Trinajstić information content (AvgIpc) is 2.27. The lowest BCUT2D eigenvalue weighted by molar-refractivity contribution is -0.683. The van der Waals surface area contributed by atoms with Crippen LogP contribution in [-0.2, 0) is 11.3 Å². The lowest BCUT2D eigenvalue weighted by atomic mass is 9.91. The van der Waals surface area contributed by atoms with Crippen LogP contribution in [0.2, 0.25) is 0 Å². The van der Waals surface area contributed by atoms with Crippen LogP contribution < -0.4 is 4.57 Å². The third kappa shape index (κ3) is 2.70. The summed E-state index contributed by atoms with van der Waals surface area (Å²) >= 11 is 0. The summed E-state index contributed by atoms with van der Waals surface area (Å²) in [5, 5.41) is 2.36. The quantitative estimate of drug-likeness (QED) is 0.724. The molecule has 0 amide bonds. The number of aromatic nitrogens is 1. The van der Waals surface area contributed by atoms with Crippen molar-refractivity contribution >= 4 is 16.6 Å². The molecule has 0 radical (unpaired) electrons. The first-order chi connectivity index (χ1) is 7.97. The van der Waals surface area contributed by atoms with Gasteiger partial charge >= 0.3 is 0 Å². The van der Waals surface area contributed by atoms with Crippen LogP contribution in [0.3, 0.4) is 0 Å². The second-order valence-corrected chi connectivity index (χ2v) is 5.42. The van der Waals surface area contributed by atoms with E-state index in [4.69, 9.17) is 0 Å². The number of ketones is 1. The molecule has 0 spiro atoms. The summed E-state index contributed by atoms with van der Waals surface area (Å²) in [5.74, 6) is 0.248. The van der Waals surface area contributed by atoms with E-state index in [1.165, 1.54) is 5.39 Å². The van der Waals surface area contributed by atoms with Crippen LogP contribution in [0.25, 0.3) is 10.8 Å². The summed E-state index contributed by atoms with van der Waals surface area (Å²) in [5.41, 5.74) is -0.279. The number of carbonyl (C=O) groups is 1. The van der Waals surface area contributed by atoms with Crippen LogP contribution in [0.5, 0.6) is 0 Å². The zero-order valence-corrected chi connectivity index (χ0v) is 10.6. The van der Waals surface area contributed by atoms with Gasteiger partial charge in [0.1, 0.15) is 0 Å². The minimum atomic E-state index is -0.279. The maximum Gasteiger partial charge on any atom is 0.207 e. The minimum absolute atomic E-state index is 0.248. The summed E-state index contributed by atoms with van der Waals surface area (Å²) in [7, 11) is 0. The molecule has 0 N–H and O–H groups in total. The highest BCUT2D eigenvalue weighted by Crippen LogP contribution is 2.15. The molecule has 1 aromatic carbocycles. The van der Waals surface area contributed by atoms with E-state index in [1.807, 2.05) is 55.9 Å². The lowest BCUT2D eigenvalue weighted by Gasteiger charge is -2.13. The smallest absolute Gasteiger partial charge is 0.207 e. The molecule has 17 heavy (non-hydrogen) atoms. The van der Waals surface area contributed by atoms with Crippen molar-refractivity contribution in [2.24, 2.45) is 5.41 Å². The third-order valence-electron chi connectivity index (χ3n) is 2.91. The molecule has 0 aliphatic carbocycles. The van der Waals surface area contributed by atoms with Crippen LogP contribution in [0.4, 0.5) is 0 Å². The molecule has 88 valence electrons. The Morgan fingerprint density at radius 2 is 1.76 bits per heavy atom. The minimum Gasteiger partial charge on any atom is -0.292 e. The van der Waals surface area contributed by atoms with Crippen molar-refractivity contribution in [2.75, 3.05) is 0 Å². The van der Waals surface area contributed by atoms with Crippen molar-refractivity contribution in [2.45, 2.75) is 27.3 Å². The van der Waals surface area contributed by atoms with Gasteiger partial charge in [-0.25, -0.2) is 0 Å². The van der Waals surface area contributed by atoms with Crippen molar-refractivity contribution in [1.82, 2.24) is 0 Å². The summed E-state index contributed by atoms with van der Waals surface area (Å²) in [6.45, 7) is 6.30. The molecule has 2 aromatic rings. The first kappa shape index (κ1) is 11.8. The van der Waals surface area contributed by atoms with Gasteiger partial charge < -0.3 is 0 Å². The standard InChI is InChI=1S/C15H18NO/c1-15(2,3)14(17)11-16-9-8-12-6-4-5-7-13(12)10-16/h4-10H,11H2,1-3H3/q+1. The van der Waals surface area contributed by atoms with Crippen molar-refractivity contribution in [3.8, 4) is 0 Å². The number of carbonyl (C=O) groups excluding carboxylic acids is 1. The van der Waals surface area contributed by atoms with Gasteiger partial charge in [0.25, 0.3) is 0 Å². The fourth-order valence-electron chi connectivity index (χ4n) is 1.68. The number of fused-ring (bicyclic) bond motifs is 1. The molecule has 0 saturated carbocycles. The van der Waals surface area contributed by atoms with E-state index >= 15 is 0 Å². The molecule has 0 fully saturated rings. The van der Waals surface area contributed by atoms with Crippen LogP contribution >= 0.6 is 0 Å². The Morgan fingerprint density at radius 1 is 1.12 bits per heavy atom. The van der Waals surface area contributed by atoms with E-state index in [2.05, 4.69) is 12.1 Å². The zero-order valence-electron chi connectivity index (χ0n) is 10.6. The summed E-state index contributed by atoms with van der Waals surface area (Å²) < 4.78 is 1.95. The van der Waals surface area contributed by atoms with Crippen molar-refractivity contribution < 1.29 is 9.36 Å². The van der Waals surface area contributed by atoms with E-state index < -0.39 is 0 Å². The predicted octanol–water partition coefficient (Wildman–Crippen LogP) is 2.74. The molecule has 2 rings (SSSR count). The number of rotatable bonds is 2. The Balaban J connectivity index is 2.29. The van der Waals surface area contributed by atoms with E-state index in [0.717, 1.165) is 5.39 Å². The summed E-state index contributed by atoms with van der Waals surface area (Å²) in [6, 6.07) is 10.2. The lowest BCUT2D eigenvalue weighted by Crippen LogP contribution is -2.41. The first-order valence-electron chi connectivity index (χ1n) is 5.88. The van der Waals surface area contributed by atoms with Gasteiger partial charge in [0.2, 0.25) is 12.3 Å². The summed E-state index contributed by atoms with van der Waals surface area (Å²) in [4.78, 5) is 11.9. The largest absolute Gasteiger partial charge is 0.292 e. The van der Waals surface area contributed by atoms with Gasteiger partial charge in [0.05, 0.1) is 0 Å². The molecule has 0 aliphatic heterocycles. The van der Waals surface area contributed by atoms with Gasteiger partial charge in [-0.2, -0.15) is 4.57 Å². The molecule has 0 unspecified atom stereocenters. The van der Waals surface area contributed by atoms with Gasteiger partial charge in [-0.05, 0) is 11.5 Å². The fraction of sp³-hybridized carbons (Fsp3) is 0.333. The van der Waals surface area contributed by atoms with Gasteiger partial charge in [0.15, 0.2) is 12.4 Å².